The Morgan fingerprint density at radius 1 is 1.44 bits per heavy atom. The molecule has 1 aliphatic rings. The molecule has 0 spiro atoms. The third kappa shape index (κ3) is 2.59. The van der Waals surface area contributed by atoms with Gasteiger partial charge in [0.15, 0.2) is 0 Å². The van der Waals surface area contributed by atoms with Crippen LogP contribution in [-0.4, -0.2) is 41.9 Å². The quantitative estimate of drug-likeness (QED) is 0.881. The largest absolute Gasteiger partial charge is 0.319 e. The highest BCUT2D eigenvalue weighted by atomic mass is 15.3. The van der Waals surface area contributed by atoms with Crippen molar-refractivity contribution in [2.45, 2.75) is 32.2 Å². The van der Waals surface area contributed by atoms with E-state index in [1.807, 2.05) is 11.7 Å². The lowest BCUT2D eigenvalue weighted by Crippen LogP contribution is -2.40. The molecule has 0 amide bonds. The normalized spacial score (nSPS) is 25.6. The number of aryl methyl sites for hydroxylation is 2. The Kier molecular flexibility index (Phi) is 4.40. The first-order valence-corrected chi connectivity index (χ1v) is 7.04. The number of likely N-dealkylation sites (tertiary alicyclic amines) is 1. The summed E-state index contributed by atoms with van der Waals surface area (Å²) in [5.41, 5.74) is 2.69. The van der Waals surface area contributed by atoms with Crippen molar-refractivity contribution in [2.24, 2.45) is 13.0 Å². The smallest absolute Gasteiger partial charge is 0.0669 e. The second-order valence-corrected chi connectivity index (χ2v) is 5.44. The molecule has 4 nitrogen and oxygen atoms in total. The molecule has 2 unspecified atom stereocenters. The molecule has 4 heteroatoms. The van der Waals surface area contributed by atoms with Crippen molar-refractivity contribution in [1.82, 2.24) is 20.0 Å². The summed E-state index contributed by atoms with van der Waals surface area (Å²) in [5.74, 6) is 0.697. The fraction of sp³-hybridized carbons (Fsp3) is 0.786. The van der Waals surface area contributed by atoms with Gasteiger partial charge in [-0.3, -0.25) is 9.58 Å². The minimum Gasteiger partial charge on any atom is -0.319 e. The molecule has 0 radical (unpaired) electrons. The molecule has 1 fully saturated rings. The van der Waals surface area contributed by atoms with Crippen molar-refractivity contribution < 1.29 is 0 Å². The van der Waals surface area contributed by atoms with E-state index in [0.717, 1.165) is 13.0 Å². The van der Waals surface area contributed by atoms with E-state index in [1.54, 1.807) is 0 Å². The first kappa shape index (κ1) is 13.6. The molecule has 1 aliphatic heterocycles. The molecule has 1 N–H and O–H groups in total. The van der Waals surface area contributed by atoms with E-state index in [2.05, 4.69) is 42.5 Å². The summed E-state index contributed by atoms with van der Waals surface area (Å²) in [6.07, 6.45) is 5.86. The van der Waals surface area contributed by atoms with E-state index in [-0.39, 0.29) is 0 Å². The molecule has 2 atom stereocenters. The molecule has 2 rings (SSSR count). The van der Waals surface area contributed by atoms with Crippen LogP contribution in [0.1, 0.15) is 37.1 Å². The Morgan fingerprint density at radius 3 is 2.89 bits per heavy atom. The molecule has 0 aliphatic carbocycles. The maximum atomic E-state index is 4.60. The van der Waals surface area contributed by atoms with Gasteiger partial charge in [-0.1, -0.05) is 6.92 Å². The number of piperidine rings is 1. The molecule has 1 aromatic rings. The first-order valence-electron chi connectivity index (χ1n) is 7.04. The maximum Gasteiger partial charge on any atom is 0.0669 e. The Labute approximate surface area is 110 Å². The van der Waals surface area contributed by atoms with Crippen LogP contribution in [0.5, 0.6) is 0 Å². The van der Waals surface area contributed by atoms with Crippen molar-refractivity contribution in [3.05, 3.63) is 17.5 Å². The van der Waals surface area contributed by atoms with Crippen LogP contribution in [0.2, 0.25) is 0 Å². The van der Waals surface area contributed by atoms with Gasteiger partial charge in [-0.25, -0.2) is 0 Å². The van der Waals surface area contributed by atoms with Gasteiger partial charge in [-0.05, 0) is 52.4 Å². The van der Waals surface area contributed by atoms with E-state index >= 15 is 0 Å². The third-order valence-corrected chi connectivity index (χ3v) is 4.06. The van der Waals surface area contributed by atoms with Crippen molar-refractivity contribution in [3.8, 4) is 0 Å². The Balaban J connectivity index is 2.30. The molecule has 102 valence electrons. The van der Waals surface area contributed by atoms with Crippen LogP contribution in [-0.2, 0) is 13.5 Å². The van der Waals surface area contributed by atoms with Gasteiger partial charge in [-0.2, -0.15) is 5.10 Å². The van der Waals surface area contributed by atoms with Crippen molar-refractivity contribution in [1.29, 1.82) is 0 Å². The van der Waals surface area contributed by atoms with Crippen molar-refractivity contribution in [3.63, 3.8) is 0 Å². The maximum absolute atomic E-state index is 4.60. The topological polar surface area (TPSA) is 33.1 Å². The Bertz CT molecular complexity index is 383. The lowest BCUT2D eigenvalue weighted by atomic mass is 9.84. The molecule has 1 aromatic heterocycles. The van der Waals surface area contributed by atoms with Crippen LogP contribution in [0.3, 0.4) is 0 Å². The molecule has 0 saturated carbocycles. The van der Waals surface area contributed by atoms with Crippen molar-refractivity contribution in [2.75, 3.05) is 27.2 Å². The molecular formula is C14H26N4. The third-order valence-electron chi connectivity index (χ3n) is 4.06. The summed E-state index contributed by atoms with van der Waals surface area (Å²) in [6.45, 7) is 4.48. The van der Waals surface area contributed by atoms with Gasteiger partial charge in [-0.15, -0.1) is 0 Å². The summed E-state index contributed by atoms with van der Waals surface area (Å²) in [7, 11) is 6.33. The zero-order valence-electron chi connectivity index (χ0n) is 12.1. The fourth-order valence-corrected chi connectivity index (χ4v) is 3.30. The summed E-state index contributed by atoms with van der Waals surface area (Å²) in [5, 5.41) is 7.95. The van der Waals surface area contributed by atoms with E-state index < -0.39 is 0 Å². The second-order valence-electron chi connectivity index (χ2n) is 5.44. The van der Waals surface area contributed by atoms with Gasteiger partial charge < -0.3 is 5.32 Å². The van der Waals surface area contributed by atoms with Crippen LogP contribution >= 0.6 is 0 Å². The van der Waals surface area contributed by atoms with Crippen LogP contribution < -0.4 is 5.32 Å². The van der Waals surface area contributed by atoms with Crippen LogP contribution in [0, 0.1) is 5.92 Å². The summed E-state index contributed by atoms with van der Waals surface area (Å²) in [4.78, 5) is 2.50. The molecule has 0 aromatic carbocycles. The first-order chi connectivity index (χ1) is 8.67. The zero-order chi connectivity index (χ0) is 13.1. The van der Waals surface area contributed by atoms with Gasteiger partial charge in [0.25, 0.3) is 0 Å². The van der Waals surface area contributed by atoms with Gasteiger partial charge in [0.1, 0.15) is 0 Å². The number of rotatable bonds is 4. The lowest BCUT2D eigenvalue weighted by Gasteiger charge is -2.39. The lowest BCUT2D eigenvalue weighted by molar-refractivity contribution is 0.120. The summed E-state index contributed by atoms with van der Waals surface area (Å²) in [6, 6.07) is 0.523. The fourth-order valence-electron chi connectivity index (χ4n) is 3.30. The van der Waals surface area contributed by atoms with E-state index in [1.165, 1.54) is 30.6 Å². The molecule has 18 heavy (non-hydrogen) atoms. The molecule has 2 heterocycles. The van der Waals surface area contributed by atoms with Gasteiger partial charge >= 0.3 is 0 Å². The highest BCUT2D eigenvalue weighted by molar-refractivity contribution is 5.23. The van der Waals surface area contributed by atoms with E-state index in [9.17, 15) is 0 Å². The summed E-state index contributed by atoms with van der Waals surface area (Å²) >= 11 is 0. The number of hydrogen-bond donors (Lipinski definition) is 1. The summed E-state index contributed by atoms with van der Waals surface area (Å²) < 4.78 is 1.97. The number of nitrogens with zero attached hydrogens (tertiary/aromatic N) is 3. The van der Waals surface area contributed by atoms with Crippen LogP contribution in [0.15, 0.2) is 6.20 Å². The molecular weight excluding hydrogens is 224 g/mol. The van der Waals surface area contributed by atoms with Gasteiger partial charge in [0.2, 0.25) is 0 Å². The average Bonchev–Trinajstić information content (AvgIpc) is 2.71. The monoisotopic (exact) mass is 250 g/mol. The van der Waals surface area contributed by atoms with E-state index in [0.29, 0.717) is 12.0 Å². The SMILES string of the molecule is CCc1nn(C)cc1C1C(CNC)CCCN1C. The van der Waals surface area contributed by atoms with Gasteiger partial charge in [0.05, 0.1) is 5.69 Å². The van der Waals surface area contributed by atoms with Crippen LogP contribution in [0.25, 0.3) is 0 Å². The second kappa shape index (κ2) is 5.85. The Hall–Kier alpha value is -0.870. The number of nitrogens with one attached hydrogen (secondary N) is 1. The number of hydrogen-bond acceptors (Lipinski definition) is 3. The highest BCUT2D eigenvalue weighted by Crippen LogP contribution is 2.36. The minimum absolute atomic E-state index is 0.523. The standard InChI is InChI=1S/C14H26N4/c1-5-13-12(10-18(4)16-13)14-11(9-15-2)7-6-8-17(14)3/h10-11,14-15H,5-9H2,1-4H3. The molecule has 1 saturated heterocycles. The predicted octanol–water partition coefficient (Wildman–Crippen LogP) is 1.58. The van der Waals surface area contributed by atoms with E-state index in [4.69, 9.17) is 0 Å². The van der Waals surface area contributed by atoms with Crippen molar-refractivity contribution >= 4 is 0 Å². The zero-order valence-corrected chi connectivity index (χ0v) is 12.1. The number of aromatic nitrogens is 2. The Morgan fingerprint density at radius 2 is 2.22 bits per heavy atom. The average molecular weight is 250 g/mol. The minimum atomic E-state index is 0.523. The molecule has 0 bridgehead atoms. The highest BCUT2D eigenvalue weighted by Gasteiger charge is 2.32. The van der Waals surface area contributed by atoms with Gasteiger partial charge in [0, 0.05) is 24.8 Å². The predicted molar refractivity (Wildman–Crippen MR) is 74.6 cm³/mol. The van der Waals surface area contributed by atoms with Crippen LogP contribution in [0.4, 0.5) is 0 Å².